The number of carbonyl (C=O) groups excluding carboxylic acids is 1. The quantitative estimate of drug-likeness (QED) is 0.612. The van der Waals surface area contributed by atoms with Gasteiger partial charge in [0.1, 0.15) is 0 Å². The van der Waals surface area contributed by atoms with Crippen LogP contribution in [0.2, 0.25) is 0 Å². The Balaban J connectivity index is 0.00000144. The van der Waals surface area contributed by atoms with E-state index in [2.05, 4.69) is 17.0 Å². The van der Waals surface area contributed by atoms with E-state index in [1.807, 2.05) is 18.2 Å². The first-order chi connectivity index (χ1) is 7.75. The van der Waals surface area contributed by atoms with Gasteiger partial charge in [-0.15, -0.1) is 12.4 Å². The van der Waals surface area contributed by atoms with E-state index in [0.29, 0.717) is 0 Å². The van der Waals surface area contributed by atoms with Crippen LogP contribution in [0.5, 0.6) is 0 Å². The fourth-order valence-corrected chi connectivity index (χ4v) is 2.09. The van der Waals surface area contributed by atoms with Crippen molar-refractivity contribution >= 4 is 29.4 Å². The second-order valence-corrected chi connectivity index (χ2v) is 4.33. The molecule has 0 N–H and O–H groups in total. The van der Waals surface area contributed by atoms with Crippen molar-refractivity contribution in [1.82, 2.24) is 9.80 Å². The topological polar surface area (TPSA) is 23.6 Å². The SMILES string of the molecule is Cl.O=C(Cl)N1CCN(Cc2ccccc2)CC1. The molecule has 0 spiro atoms. The molecule has 0 atom stereocenters. The highest BCUT2D eigenvalue weighted by Crippen LogP contribution is 2.09. The Bertz CT molecular complexity index is 351. The fraction of sp³-hybridized carbons (Fsp3) is 0.417. The van der Waals surface area contributed by atoms with E-state index < -0.39 is 0 Å². The Labute approximate surface area is 113 Å². The Kier molecular flexibility index (Phi) is 5.75. The molecular formula is C12H16Cl2N2O. The summed E-state index contributed by atoms with van der Waals surface area (Å²) < 4.78 is 0. The van der Waals surface area contributed by atoms with Crippen molar-refractivity contribution in [3.05, 3.63) is 35.9 Å². The molecule has 1 aliphatic heterocycles. The molecule has 3 nitrogen and oxygen atoms in total. The third-order valence-electron chi connectivity index (χ3n) is 2.87. The number of amides is 1. The lowest BCUT2D eigenvalue weighted by Gasteiger charge is -2.33. The molecule has 2 rings (SSSR count). The molecule has 1 aliphatic rings. The molecule has 5 heteroatoms. The van der Waals surface area contributed by atoms with Gasteiger partial charge in [0.2, 0.25) is 0 Å². The van der Waals surface area contributed by atoms with Crippen molar-refractivity contribution in [3.63, 3.8) is 0 Å². The predicted octanol–water partition coefficient (Wildman–Crippen LogP) is 2.58. The third kappa shape index (κ3) is 4.19. The fourth-order valence-electron chi connectivity index (χ4n) is 1.92. The van der Waals surface area contributed by atoms with Gasteiger partial charge in [-0.1, -0.05) is 30.3 Å². The maximum Gasteiger partial charge on any atom is 0.316 e. The zero-order valence-electron chi connectivity index (χ0n) is 9.51. The van der Waals surface area contributed by atoms with Gasteiger partial charge in [0.15, 0.2) is 0 Å². The summed E-state index contributed by atoms with van der Waals surface area (Å²) in [5.74, 6) is 0. The predicted molar refractivity (Wildman–Crippen MR) is 71.8 cm³/mol. The van der Waals surface area contributed by atoms with Crippen LogP contribution in [0, 0.1) is 0 Å². The largest absolute Gasteiger partial charge is 0.327 e. The minimum absolute atomic E-state index is 0. The first-order valence-corrected chi connectivity index (χ1v) is 5.84. The van der Waals surface area contributed by atoms with Gasteiger partial charge < -0.3 is 4.90 Å². The van der Waals surface area contributed by atoms with Crippen molar-refractivity contribution in [3.8, 4) is 0 Å². The van der Waals surface area contributed by atoms with Crippen molar-refractivity contribution < 1.29 is 4.79 Å². The molecule has 1 saturated heterocycles. The number of rotatable bonds is 2. The molecule has 0 radical (unpaired) electrons. The number of piperazine rings is 1. The van der Waals surface area contributed by atoms with Gasteiger partial charge in [0.05, 0.1) is 0 Å². The van der Waals surface area contributed by atoms with Crippen molar-refractivity contribution in [2.75, 3.05) is 26.2 Å². The van der Waals surface area contributed by atoms with Gasteiger partial charge in [0, 0.05) is 32.7 Å². The van der Waals surface area contributed by atoms with Crippen molar-refractivity contribution in [2.24, 2.45) is 0 Å². The molecule has 0 saturated carbocycles. The summed E-state index contributed by atoms with van der Waals surface area (Å²) >= 11 is 5.43. The van der Waals surface area contributed by atoms with E-state index in [-0.39, 0.29) is 17.8 Å². The number of carbonyl (C=O) groups is 1. The highest BCUT2D eigenvalue weighted by molar-refractivity contribution is 6.62. The van der Waals surface area contributed by atoms with Crippen LogP contribution in [-0.2, 0) is 6.54 Å². The van der Waals surface area contributed by atoms with Crippen LogP contribution in [0.3, 0.4) is 0 Å². The Morgan fingerprint density at radius 1 is 1.12 bits per heavy atom. The Morgan fingerprint density at radius 2 is 1.71 bits per heavy atom. The molecule has 1 amide bonds. The average molecular weight is 275 g/mol. The van der Waals surface area contributed by atoms with Gasteiger partial charge in [-0.05, 0) is 17.2 Å². The van der Waals surface area contributed by atoms with Crippen LogP contribution in [0.25, 0.3) is 0 Å². The number of halogens is 2. The summed E-state index contributed by atoms with van der Waals surface area (Å²) in [5, 5.41) is -0.334. The van der Waals surface area contributed by atoms with Crippen LogP contribution in [-0.4, -0.2) is 41.3 Å². The highest BCUT2D eigenvalue weighted by Gasteiger charge is 2.19. The van der Waals surface area contributed by atoms with Crippen LogP contribution in [0.15, 0.2) is 30.3 Å². The Hall–Kier alpha value is -0.770. The molecule has 1 fully saturated rings. The maximum absolute atomic E-state index is 10.9. The summed E-state index contributed by atoms with van der Waals surface area (Å²) in [7, 11) is 0. The van der Waals surface area contributed by atoms with Gasteiger partial charge in [-0.3, -0.25) is 9.69 Å². The summed E-state index contributed by atoms with van der Waals surface area (Å²) in [6.45, 7) is 4.20. The molecule has 0 aliphatic carbocycles. The molecule has 94 valence electrons. The van der Waals surface area contributed by atoms with Crippen LogP contribution in [0.1, 0.15) is 5.56 Å². The smallest absolute Gasteiger partial charge is 0.316 e. The van der Waals surface area contributed by atoms with Gasteiger partial charge >= 0.3 is 5.37 Å². The number of hydrogen-bond donors (Lipinski definition) is 0. The monoisotopic (exact) mass is 274 g/mol. The first-order valence-electron chi connectivity index (χ1n) is 5.46. The van der Waals surface area contributed by atoms with Gasteiger partial charge in [0.25, 0.3) is 0 Å². The number of nitrogens with zero attached hydrogens (tertiary/aromatic N) is 2. The van der Waals surface area contributed by atoms with E-state index in [1.165, 1.54) is 5.56 Å². The summed E-state index contributed by atoms with van der Waals surface area (Å²) in [6.07, 6.45) is 0. The highest BCUT2D eigenvalue weighted by atomic mass is 35.5. The van der Waals surface area contributed by atoms with Gasteiger partial charge in [-0.25, -0.2) is 0 Å². The lowest BCUT2D eigenvalue weighted by molar-refractivity contribution is 0.148. The maximum atomic E-state index is 10.9. The van der Waals surface area contributed by atoms with Gasteiger partial charge in [-0.2, -0.15) is 0 Å². The normalized spacial score (nSPS) is 16.4. The average Bonchev–Trinajstić information content (AvgIpc) is 2.31. The van der Waals surface area contributed by atoms with Crippen molar-refractivity contribution in [2.45, 2.75) is 6.54 Å². The van der Waals surface area contributed by atoms with E-state index in [4.69, 9.17) is 11.6 Å². The summed E-state index contributed by atoms with van der Waals surface area (Å²) in [5.41, 5.74) is 1.31. The van der Waals surface area contributed by atoms with Crippen LogP contribution < -0.4 is 0 Å². The molecular weight excluding hydrogens is 259 g/mol. The summed E-state index contributed by atoms with van der Waals surface area (Å²) in [6, 6.07) is 10.4. The second-order valence-electron chi connectivity index (χ2n) is 4.00. The summed E-state index contributed by atoms with van der Waals surface area (Å²) in [4.78, 5) is 15.0. The standard InChI is InChI=1S/C12H15ClN2O.ClH/c13-12(16)15-8-6-14(7-9-15)10-11-4-2-1-3-5-11;/h1-5H,6-10H2;1H. The van der Waals surface area contributed by atoms with E-state index >= 15 is 0 Å². The minimum atomic E-state index is -0.334. The zero-order chi connectivity index (χ0) is 11.4. The van der Waals surface area contributed by atoms with E-state index in [0.717, 1.165) is 32.7 Å². The second kappa shape index (κ2) is 6.84. The lowest BCUT2D eigenvalue weighted by Crippen LogP contribution is -2.46. The molecule has 1 aromatic rings. The first kappa shape index (κ1) is 14.3. The van der Waals surface area contributed by atoms with Crippen molar-refractivity contribution in [1.29, 1.82) is 0 Å². The molecule has 0 unspecified atom stereocenters. The van der Waals surface area contributed by atoms with E-state index in [1.54, 1.807) is 4.90 Å². The van der Waals surface area contributed by atoms with Crippen LogP contribution >= 0.6 is 24.0 Å². The third-order valence-corrected chi connectivity index (χ3v) is 3.11. The molecule has 17 heavy (non-hydrogen) atoms. The van der Waals surface area contributed by atoms with Crippen LogP contribution in [0.4, 0.5) is 4.79 Å². The minimum Gasteiger partial charge on any atom is -0.327 e. The van der Waals surface area contributed by atoms with E-state index in [9.17, 15) is 4.79 Å². The molecule has 0 aromatic heterocycles. The zero-order valence-corrected chi connectivity index (χ0v) is 11.1. The number of benzene rings is 1. The molecule has 0 bridgehead atoms. The lowest BCUT2D eigenvalue weighted by atomic mass is 10.2. The molecule has 1 aromatic carbocycles. The number of hydrogen-bond acceptors (Lipinski definition) is 2. The Morgan fingerprint density at radius 3 is 2.24 bits per heavy atom. The molecule has 1 heterocycles.